The monoisotopic (exact) mass is 322 g/mol. The number of aromatic hydroxyl groups is 1. The molecule has 1 aromatic rings. The molecule has 2 fully saturated rings. The fourth-order valence-electron chi connectivity index (χ4n) is 5.36. The van der Waals surface area contributed by atoms with Crippen molar-refractivity contribution >= 4 is 17.4 Å². The summed E-state index contributed by atoms with van der Waals surface area (Å²) in [7, 11) is 0. The van der Waals surface area contributed by atoms with Gasteiger partial charge in [-0.2, -0.15) is 0 Å². The molecule has 2 nitrogen and oxygen atoms in total. The predicted octanol–water partition coefficient (Wildman–Crippen LogP) is 4.42. The van der Waals surface area contributed by atoms with Crippen LogP contribution in [0.1, 0.15) is 49.7 Å². The average molecular weight is 323 g/mol. The molecule has 3 aliphatic rings. The van der Waals surface area contributed by atoms with E-state index in [2.05, 4.69) is 0 Å². The van der Waals surface area contributed by atoms with Crippen molar-refractivity contribution in [3.05, 3.63) is 28.3 Å². The van der Waals surface area contributed by atoms with Gasteiger partial charge in [-0.1, -0.05) is 24.6 Å². The number of hydrogen-bond donors (Lipinski definition) is 1. The Labute approximate surface area is 134 Å². The maximum Gasteiger partial charge on any atom is 0.173 e. The first-order valence-corrected chi connectivity index (χ1v) is 8.50. The highest BCUT2D eigenvalue weighted by atomic mass is 35.5. The number of halogens is 2. The first kappa shape index (κ1) is 14.5. The number of phenolic OH excluding ortho intramolecular Hbond substituents is 1. The van der Waals surface area contributed by atoms with Crippen molar-refractivity contribution in [1.82, 2.24) is 0 Å². The largest absolute Gasteiger partial charge is 0.506 e. The normalized spacial score (nSPS) is 40.0. The summed E-state index contributed by atoms with van der Waals surface area (Å²) in [5.41, 5.74) is 1.78. The van der Waals surface area contributed by atoms with Gasteiger partial charge in [-0.3, -0.25) is 4.79 Å². The summed E-state index contributed by atoms with van der Waals surface area (Å²) in [6, 6.07) is 3.63. The second kappa shape index (κ2) is 4.70. The Morgan fingerprint density at radius 2 is 2.14 bits per heavy atom. The van der Waals surface area contributed by atoms with Gasteiger partial charge in [-0.25, -0.2) is 4.39 Å². The molecule has 0 radical (unpaired) electrons. The molecule has 0 unspecified atom stereocenters. The summed E-state index contributed by atoms with van der Waals surface area (Å²) in [5, 5.41) is 10.3. The smallest absolute Gasteiger partial charge is 0.173 e. The first-order valence-electron chi connectivity index (χ1n) is 8.12. The van der Waals surface area contributed by atoms with Gasteiger partial charge in [0.05, 0.1) is 5.02 Å². The standard InChI is InChI=1S/C18H20ClFO2/c1-18-7-6-10-9-4-5-15(21)16(19)12(9)3-2-11(10)13(18)8-14(20)17(18)22/h4-5,10-11,13-14,21H,2-3,6-8H2,1H3/t10-,11-,13+,14-,18+/m1/s1. The van der Waals surface area contributed by atoms with Gasteiger partial charge >= 0.3 is 0 Å². The van der Waals surface area contributed by atoms with Gasteiger partial charge in [0.15, 0.2) is 12.0 Å². The van der Waals surface area contributed by atoms with Crippen LogP contribution in [0.5, 0.6) is 5.75 Å². The zero-order valence-corrected chi connectivity index (χ0v) is 13.4. The molecular weight excluding hydrogens is 303 g/mol. The lowest BCUT2D eigenvalue weighted by molar-refractivity contribution is -0.132. The van der Waals surface area contributed by atoms with Crippen molar-refractivity contribution in [2.45, 2.75) is 51.1 Å². The lowest BCUT2D eigenvalue weighted by Gasteiger charge is -2.48. The summed E-state index contributed by atoms with van der Waals surface area (Å²) in [4.78, 5) is 12.3. The molecule has 118 valence electrons. The Kier molecular flexibility index (Phi) is 3.10. The number of carbonyl (C=O) groups excluding carboxylic acids is 1. The van der Waals surface area contributed by atoms with Crippen molar-refractivity contribution in [3.63, 3.8) is 0 Å². The van der Waals surface area contributed by atoms with E-state index in [0.717, 1.165) is 31.2 Å². The second-order valence-corrected chi connectivity index (χ2v) is 7.78. The number of ketones is 1. The van der Waals surface area contributed by atoms with Crippen LogP contribution < -0.4 is 0 Å². The predicted molar refractivity (Wildman–Crippen MR) is 83.0 cm³/mol. The molecule has 22 heavy (non-hydrogen) atoms. The molecular formula is C18H20ClFO2. The van der Waals surface area contributed by atoms with Crippen LogP contribution in [0.4, 0.5) is 4.39 Å². The van der Waals surface area contributed by atoms with E-state index in [0.29, 0.717) is 23.3 Å². The SMILES string of the molecule is C[C@]12CC[C@@H]3c4ccc(O)c(Cl)c4CC[C@H]3[C@@H]1C[C@@H](F)C2=O. The maximum atomic E-state index is 14.0. The van der Waals surface area contributed by atoms with Crippen molar-refractivity contribution < 1.29 is 14.3 Å². The Balaban J connectivity index is 1.75. The molecule has 5 atom stereocenters. The van der Waals surface area contributed by atoms with Crippen LogP contribution in [0, 0.1) is 17.3 Å². The van der Waals surface area contributed by atoms with Crippen molar-refractivity contribution in [2.75, 3.05) is 0 Å². The lowest BCUT2D eigenvalue weighted by Crippen LogP contribution is -2.42. The second-order valence-electron chi connectivity index (χ2n) is 7.41. The molecule has 3 aliphatic carbocycles. The molecule has 4 heteroatoms. The Hall–Kier alpha value is -1.09. The molecule has 2 saturated carbocycles. The Morgan fingerprint density at radius 3 is 2.91 bits per heavy atom. The van der Waals surface area contributed by atoms with E-state index in [1.165, 1.54) is 5.56 Å². The van der Waals surface area contributed by atoms with Gasteiger partial charge < -0.3 is 5.11 Å². The van der Waals surface area contributed by atoms with E-state index in [4.69, 9.17) is 11.6 Å². The summed E-state index contributed by atoms with van der Waals surface area (Å²) >= 11 is 6.26. The van der Waals surface area contributed by atoms with Crippen LogP contribution in [-0.2, 0) is 11.2 Å². The highest BCUT2D eigenvalue weighted by Crippen LogP contribution is 2.60. The summed E-state index contributed by atoms with van der Waals surface area (Å²) < 4.78 is 14.0. The third-order valence-corrected chi connectivity index (χ3v) is 6.94. The minimum absolute atomic E-state index is 0.138. The number of phenols is 1. The van der Waals surface area contributed by atoms with Crippen LogP contribution >= 0.6 is 11.6 Å². The van der Waals surface area contributed by atoms with Gasteiger partial charge in [0.1, 0.15) is 5.75 Å². The highest BCUT2D eigenvalue weighted by Gasteiger charge is 2.58. The van der Waals surface area contributed by atoms with E-state index < -0.39 is 11.6 Å². The Bertz CT molecular complexity index is 659. The summed E-state index contributed by atoms with van der Waals surface area (Å²) in [6.45, 7) is 1.97. The van der Waals surface area contributed by atoms with Crippen molar-refractivity contribution in [2.24, 2.45) is 17.3 Å². The maximum absolute atomic E-state index is 14.0. The number of carbonyl (C=O) groups is 1. The van der Waals surface area contributed by atoms with Gasteiger partial charge in [-0.05, 0) is 67.1 Å². The molecule has 0 aliphatic heterocycles. The number of rotatable bonds is 0. The number of alkyl halides is 1. The fraction of sp³-hybridized carbons (Fsp3) is 0.611. The van der Waals surface area contributed by atoms with E-state index in [9.17, 15) is 14.3 Å². The van der Waals surface area contributed by atoms with Crippen LogP contribution in [0.3, 0.4) is 0 Å². The molecule has 0 aromatic heterocycles. The molecule has 0 bridgehead atoms. The van der Waals surface area contributed by atoms with Gasteiger partial charge in [0.2, 0.25) is 0 Å². The van der Waals surface area contributed by atoms with Crippen LogP contribution in [0.25, 0.3) is 0 Å². The molecule has 1 aromatic carbocycles. The minimum atomic E-state index is -1.28. The number of benzene rings is 1. The quantitative estimate of drug-likeness (QED) is 0.767. The highest BCUT2D eigenvalue weighted by molar-refractivity contribution is 6.32. The topological polar surface area (TPSA) is 37.3 Å². The Morgan fingerprint density at radius 1 is 1.36 bits per heavy atom. The van der Waals surface area contributed by atoms with Gasteiger partial charge in [0, 0.05) is 5.41 Å². The zero-order valence-electron chi connectivity index (χ0n) is 12.6. The number of hydrogen-bond acceptors (Lipinski definition) is 2. The summed E-state index contributed by atoms with van der Waals surface area (Å²) in [6.07, 6.45) is 2.51. The molecule has 0 spiro atoms. The zero-order chi connectivity index (χ0) is 15.6. The van der Waals surface area contributed by atoms with Crippen LogP contribution in [0.15, 0.2) is 12.1 Å². The van der Waals surface area contributed by atoms with E-state index >= 15 is 0 Å². The lowest BCUT2D eigenvalue weighted by atomic mass is 9.55. The van der Waals surface area contributed by atoms with Crippen molar-refractivity contribution in [3.8, 4) is 5.75 Å². The van der Waals surface area contributed by atoms with Gasteiger partial charge in [-0.15, -0.1) is 0 Å². The van der Waals surface area contributed by atoms with Crippen LogP contribution in [0.2, 0.25) is 5.02 Å². The molecule has 4 rings (SSSR count). The van der Waals surface area contributed by atoms with E-state index in [1.807, 2.05) is 13.0 Å². The molecule has 1 N–H and O–H groups in total. The first-order chi connectivity index (χ1) is 10.4. The number of fused-ring (bicyclic) bond motifs is 5. The van der Waals surface area contributed by atoms with Gasteiger partial charge in [0.25, 0.3) is 0 Å². The summed E-state index contributed by atoms with van der Waals surface area (Å²) in [5.74, 6) is 0.814. The third-order valence-electron chi connectivity index (χ3n) is 6.52. The molecule has 0 saturated heterocycles. The average Bonchev–Trinajstić information content (AvgIpc) is 2.74. The minimum Gasteiger partial charge on any atom is -0.506 e. The van der Waals surface area contributed by atoms with Crippen molar-refractivity contribution in [1.29, 1.82) is 0 Å². The van der Waals surface area contributed by atoms with E-state index in [1.54, 1.807) is 6.07 Å². The van der Waals surface area contributed by atoms with E-state index in [-0.39, 0.29) is 17.5 Å². The fourth-order valence-corrected chi connectivity index (χ4v) is 5.63. The molecule has 0 amide bonds. The number of Topliss-reactive ketones (excluding diaryl/α,β-unsaturated/α-hetero) is 1. The molecule has 0 heterocycles. The van der Waals surface area contributed by atoms with Crippen LogP contribution in [-0.4, -0.2) is 17.1 Å². The third kappa shape index (κ3) is 1.75.